The molecular formula is C24H20ClF3N2O2. The van der Waals surface area contributed by atoms with E-state index < -0.39 is 29.6 Å². The highest BCUT2D eigenvalue weighted by molar-refractivity contribution is 6.33. The quantitative estimate of drug-likeness (QED) is 0.486. The van der Waals surface area contributed by atoms with E-state index in [0.29, 0.717) is 11.1 Å². The maximum absolute atomic E-state index is 12.9. The molecule has 32 heavy (non-hydrogen) atoms. The molecule has 0 aliphatic rings. The Bertz CT molecular complexity index is 1090. The van der Waals surface area contributed by atoms with E-state index in [-0.39, 0.29) is 23.6 Å². The van der Waals surface area contributed by atoms with E-state index in [0.717, 1.165) is 12.1 Å². The summed E-state index contributed by atoms with van der Waals surface area (Å²) >= 11 is 6.10. The van der Waals surface area contributed by atoms with Crippen molar-refractivity contribution < 1.29 is 22.8 Å². The number of hydrogen-bond donors (Lipinski definition) is 2. The average molecular weight is 461 g/mol. The molecule has 4 nitrogen and oxygen atoms in total. The molecule has 3 aromatic carbocycles. The fraction of sp³-hybridized carbons (Fsp3) is 0.167. The molecule has 0 radical (unpaired) electrons. The number of amides is 2. The summed E-state index contributed by atoms with van der Waals surface area (Å²) in [5.41, 5.74) is 0.532. The van der Waals surface area contributed by atoms with Gasteiger partial charge in [-0.05, 0) is 35.4 Å². The van der Waals surface area contributed by atoms with E-state index in [9.17, 15) is 22.8 Å². The first-order valence-corrected chi connectivity index (χ1v) is 10.1. The van der Waals surface area contributed by atoms with E-state index in [1.54, 1.807) is 48.5 Å². The second kappa shape index (κ2) is 10.3. The number of carbonyl (C=O) groups is 2. The third-order valence-electron chi connectivity index (χ3n) is 4.76. The van der Waals surface area contributed by atoms with E-state index >= 15 is 0 Å². The van der Waals surface area contributed by atoms with Gasteiger partial charge in [-0.1, -0.05) is 66.2 Å². The summed E-state index contributed by atoms with van der Waals surface area (Å²) < 4.78 is 38.6. The molecule has 0 bridgehead atoms. The van der Waals surface area contributed by atoms with E-state index in [1.165, 1.54) is 12.1 Å². The van der Waals surface area contributed by atoms with Crippen molar-refractivity contribution in [1.82, 2.24) is 10.6 Å². The lowest BCUT2D eigenvalue weighted by Gasteiger charge is -2.19. The Morgan fingerprint density at radius 3 is 2.28 bits per heavy atom. The molecule has 0 saturated carbocycles. The van der Waals surface area contributed by atoms with Gasteiger partial charge in [0.05, 0.1) is 28.6 Å². The molecule has 0 aliphatic heterocycles. The van der Waals surface area contributed by atoms with Crippen molar-refractivity contribution in [2.75, 3.05) is 0 Å². The molecule has 2 N–H and O–H groups in total. The number of benzene rings is 3. The third kappa shape index (κ3) is 6.34. The monoisotopic (exact) mass is 460 g/mol. The molecule has 166 valence electrons. The molecule has 0 aromatic heterocycles. The van der Waals surface area contributed by atoms with Crippen LogP contribution in [0.15, 0.2) is 78.9 Å². The molecule has 3 aromatic rings. The van der Waals surface area contributed by atoms with Gasteiger partial charge in [0.1, 0.15) is 0 Å². The highest BCUT2D eigenvalue weighted by atomic mass is 35.5. The topological polar surface area (TPSA) is 58.2 Å². The molecule has 0 spiro atoms. The fourth-order valence-electron chi connectivity index (χ4n) is 3.13. The zero-order valence-electron chi connectivity index (χ0n) is 16.8. The Labute approximate surface area is 188 Å². The van der Waals surface area contributed by atoms with Gasteiger partial charge in [-0.25, -0.2) is 0 Å². The lowest BCUT2D eigenvalue weighted by atomic mass is 10.0. The van der Waals surface area contributed by atoms with Crippen LogP contribution >= 0.6 is 11.6 Å². The van der Waals surface area contributed by atoms with Gasteiger partial charge in [0.15, 0.2) is 0 Å². The number of hydrogen-bond acceptors (Lipinski definition) is 2. The molecule has 8 heteroatoms. The molecule has 0 saturated heterocycles. The summed E-state index contributed by atoms with van der Waals surface area (Å²) in [6, 6.07) is 19.6. The van der Waals surface area contributed by atoms with Gasteiger partial charge in [0.25, 0.3) is 5.91 Å². The number of rotatable bonds is 7. The van der Waals surface area contributed by atoms with Crippen molar-refractivity contribution in [2.45, 2.75) is 25.2 Å². The second-order valence-corrected chi connectivity index (χ2v) is 7.50. The third-order valence-corrected chi connectivity index (χ3v) is 5.09. The van der Waals surface area contributed by atoms with Crippen LogP contribution in [0.25, 0.3) is 0 Å². The van der Waals surface area contributed by atoms with Crippen molar-refractivity contribution >= 4 is 23.4 Å². The molecule has 2 amide bonds. The molecule has 1 unspecified atom stereocenters. The minimum atomic E-state index is -4.46. The van der Waals surface area contributed by atoms with Crippen molar-refractivity contribution in [3.8, 4) is 0 Å². The van der Waals surface area contributed by atoms with Crippen LogP contribution in [-0.4, -0.2) is 11.8 Å². The number of halogens is 4. The van der Waals surface area contributed by atoms with E-state index in [4.69, 9.17) is 11.6 Å². The number of carbonyl (C=O) groups excluding carboxylic acids is 2. The average Bonchev–Trinajstić information content (AvgIpc) is 2.78. The minimum Gasteiger partial charge on any atom is -0.352 e. The fourth-order valence-corrected chi connectivity index (χ4v) is 3.36. The second-order valence-electron chi connectivity index (χ2n) is 7.10. The normalized spacial score (nSPS) is 12.1. The summed E-state index contributed by atoms with van der Waals surface area (Å²) in [5, 5.41) is 5.72. The molecular weight excluding hydrogens is 441 g/mol. The molecule has 1 atom stereocenters. The summed E-state index contributed by atoms with van der Waals surface area (Å²) in [6.45, 7) is -0.0667. The van der Waals surface area contributed by atoms with Gasteiger partial charge in [0, 0.05) is 6.54 Å². The maximum Gasteiger partial charge on any atom is 0.416 e. The van der Waals surface area contributed by atoms with Gasteiger partial charge < -0.3 is 10.6 Å². The lowest BCUT2D eigenvalue weighted by molar-refractivity contribution is -0.137. The molecule has 0 fully saturated rings. The first-order chi connectivity index (χ1) is 15.2. The molecule has 0 aliphatic carbocycles. The first kappa shape index (κ1) is 23.3. The summed E-state index contributed by atoms with van der Waals surface area (Å²) in [5.74, 6) is -0.856. The zero-order chi connectivity index (χ0) is 23.1. The van der Waals surface area contributed by atoms with E-state index in [1.807, 2.05) is 6.07 Å². The van der Waals surface area contributed by atoms with Crippen LogP contribution < -0.4 is 10.6 Å². The smallest absolute Gasteiger partial charge is 0.352 e. The first-order valence-electron chi connectivity index (χ1n) is 9.77. The van der Waals surface area contributed by atoms with Crippen LogP contribution in [0.5, 0.6) is 0 Å². The Morgan fingerprint density at radius 1 is 0.906 bits per heavy atom. The van der Waals surface area contributed by atoms with Crippen LogP contribution in [0.3, 0.4) is 0 Å². The van der Waals surface area contributed by atoms with Gasteiger partial charge in [0.2, 0.25) is 5.91 Å². The van der Waals surface area contributed by atoms with Crippen molar-refractivity contribution in [3.05, 3.63) is 106 Å². The van der Waals surface area contributed by atoms with Gasteiger partial charge in [-0.2, -0.15) is 13.2 Å². The van der Waals surface area contributed by atoms with Crippen molar-refractivity contribution in [2.24, 2.45) is 0 Å². The summed E-state index contributed by atoms with van der Waals surface area (Å²) in [6.07, 6.45) is -4.55. The SMILES string of the molecule is O=C(CC(NC(=O)c1ccccc1Cl)c1ccccc1)NCc1cccc(C(F)(F)F)c1. The maximum atomic E-state index is 12.9. The Morgan fingerprint density at radius 2 is 1.59 bits per heavy atom. The van der Waals surface area contributed by atoms with Crippen LogP contribution in [0.2, 0.25) is 5.02 Å². The standard InChI is InChI=1S/C24H20ClF3N2O2/c25-20-12-5-4-11-19(20)23(32)30-21(17-8-2-1-3-9-17)14-22(31)29-15-16-7-6-10-18(13-16)24(26,27)28/h1-13,21H,14-15H2,(H,29,31)(H,30,32). The van der Waals surface area contributed by atoms with Gasteiger partial charge >= 0.3 is 6.18 Å². The molecule has 0 heterocycles. The van der Waals surface area contributed by atoms with Crippen LogP contribution in [0.4, 0.5) is 13.2 Å². The van der Waals surface area contributed by atoms with Gasteiger partial charge in [-0.15, -0.1) is 0 Å². The van der Waals surface area contributed by atoms with Crippen molar-refractivity contribution in [1.29, 1.82) is 0 Å². The van der Waals surface area contributed by atoms with Crippen LogP contribution in [-0.2, 0) is 17.5 Å². The Hall–Kier alpha value is -3.32. The predicted octanol–water partition coefficient (Wildman–Crippen LogP) is 5.54. The van der Waals surface area contributed by atoms with Crippen LogP contribution in [0.1, 0.15) is 39.5 Å². The highest BCUT2D eigenvalue weighted by Gasteiger charge is 2.30. The number of nitrogens with one attached hydrogen (secondary N) is 2. The Balaban J connectivity index is 1.69. The van der Waals surface area contributed by atoms with E-state index in [2.05, 4.69) is 10.6 Å². The summed E-state index contributed by atoms with van der Waals surface area (Å²) in [4.78, 5) is 25.3. The predicted molar refractivity (Wildman–Crippen MR) is 116 cm³/mol. The number of alkyl halides is 3. The van der Waals surface area contributed by atoms with Crippen molar-refractivity contribution in [3.63, 3.8) is 0 Å². The zero-order valence-corrected chi connectivity index (χ0v) is 17.6. The summed E-state index contributed by atoms with van der Waals surface area (Å²) in [7, 11) is 0. The van der Waals surface area contributed by atoms with Crippen LogP contribution in [0, 0.1) is 0 Å². The minimum absolute atomic E-state index is 0.0667. The molecule has 3 rings (SSSR count). The van der Waals surface area contributed by atoms with Gasteiger partial charge in [-0.3, -0.25) is 9.59 Å². The lowest BCUT2D eigenvalue weighted by Crippen LogP contribution is -2.33. The largest absolute Gasteiger partial charge is 0.416 e. The Kier molecular flexibility index (Phi) is 7.53. The highest BCUT2D eigenvalue weighted by Crippen LogP contribution is 2.29.